The summed E-state index contributed by atoms with van der Waals surface area (Å²) in [5, 5.41) is 1.24. The summed E-state index contributed by atoms with van der Waals surface area (Å²) in [6.45, 7) is 3.89. The van der Waals surface area contributed by atoms with Crippen LogP contribution in [0.15, 0.2) is 28.9 Å². The molecule has 1 radical (unpaired) electrons. The molecule has 2 rings (SSSR count). The van der Waals surface area contributed by atoms with Gasteiger partial charge in [-0.3, -0.25) is 0 Å². The molecule has 0 atom stereocenters. The van der Waals surface area contributed by atoms with Crippen LogP contribution in [0.1, 0.15) is 5.56 Å². The Hall–Kier alpha value is -0.760. The Morgan fingerprint density at radius 1 is 1.42 bits per heavy atom. The molecule has 2 aromatic rings. The van der Waals surface area contributed by atoms with E-state index in [2.05, 4.69) is 46.0 Å². The predicted octanol–water partition coefficient (Wildman–Crippen LogP) is 3.31. The molecule has 0 aliphatic carbocycles. The van der Waals surface area contributed by atoms with E-state index in [-0.39, 0.29) is 0 Å². The van der Waals surface area contributed by atoms with Gasteiger partial charge < -0.3 is 4.98 Å². The van der Waals surface area contributed by atoms with E-state index >= 15 is 0 Å². The van der Waals surface area contributed by atoms with E-state index in [1.807, 2.05) is 6.20 Å². The first kappa shape index (κ1) is 7.87. The summed E-state index contributed by atoms with van der Waals surface area (Å²) in [4.78, 5) is 3.21. The van der Waals surface area contributed by atoms with Gasteiger partial charge in [0.1, 0.15) is 0 Å². The van der Waals surface area contributed by atoms with Crippen molar-refractivity contribution in [3.8, 4) is 0 Å². The minimum atomic E-state index is 0.816. The normalized spacial score (nSPS) is 10.8. The molecule has 0 aliphatic rings. The van der Waals surface area contributed by atoms with Crippen molar-refractivity contribution < 1.29 is 0 Å². The number of H-pyrrole nitrogens is 1. The van der Waals surface area contributed by atoms with Crippen molar-refractivity contribution in [1.29, 1.82) is 0 Å². The summed E-state index contributed by atoms with van der Waals surface area (Å²) in [7, 11) is 0. The third-order valence-electron chi connectivity index (χ3n) is 1.98. The van der Waals surface area contributed by atoms with E-state index in [1.54, 1.807) is 0 Å². The SMILES string of the molecule is [CH2]Cc1cc(Br)cc2cc[nH]c12. The molecule has 1 N–H and O–H groups in total. The standard InChI is InChI=1S/C10H9BrN/c1-2-7-5-9(11)6-8-3-4-12-10(7)8/h3-6,12H,1-2H2. The summed E-state index contributed by atoms with van der Waals surface area (Å²) >= 11 is 3.47. The van der Waals surface area contributed by atoms with Crippen LogP contribution in [-0.4, -0.2) is 4.98 Å². The van der Waals surface area contributed by atoms with Crippen molar-refractivity contribution in [3.05, 3.63) is 41.4 Å². The average molecular weight is 223 g/mol. The van der Waals surface area contributed by atoms with E-state index in [9.17, 15) is 0 Å². The first-order valence-corrected chi connectivity index (χ1v) is 4.65. The molecule has 0 aliphatic heterocycles. The summed E-state index contributed by atoms with van der Waals surface area (Å²) in [5.74, 6) is 0. The first-order chi connectivity index (χ1) is 5.81. The molecule has 61 valence electrons. The summed E-state index contributed by atoms with van der Waals surface area (Å²) < 4.78 is 1.12. The van der Waals surface area contributed by atoms with Crippen molar-refractivity contribution in [3.63, 3.8) is 0 Å². The van der Waals surface area contributed by atoms with Crippen molar-refractivity contribution in [2.45, 2.75) is 6.42 Å². The minimum absolute atomic E-state index is 0.816. The van der Waals surface area contributed by atoms with Crippen molar-refractivity contribution >= 4 is 26.8 Å². The highest BCUT2D eigenvalue weighted by molar-refractivity contribution is 9.10. The Labute approximate surface area is 79.9 Å². The zero-order valence-corrected chi connectivity index (χ0v) is 8.19. The monoisotopic (exact) mass is 222 g/mol. The Morgan fingerprint density at radius 2 is 2.25 bits per heavy atom. The molecular weight excluding hydrogens is 214 g/mol. The second-order valence-electron chi connectivity index (χ2n) is 2.76. The summed E-state index contributed by atoms with van der Waals surface area (Å²) in [6.07, 6.45) is 2.77. The predicted molar refractivity (Wildman–Crippen MR) is 55.1 cm³/mol. The Bertz CT molecular complexity index is 403. The molecule has 0 saturated heterocycles. The second kappa shape index (κ2) is 2.94. The third-order valence-corrected chi connectivity index (χ3v) is 2.43. The molecule has 1 aromatic heterocycles. The van der Waals surface area contributed by atoms with Gasteiger partial charge in [-0.2, -0.15) is 0 Å². The molecule has 0 spiro atoms. The molecule has 0 saturated carbocycles. The van der Waals surface area contributed by atoms with Gasteiger partial charge in [0.2, 0.25) is 0 Å². The van der Waals surface area contributed by atoms with Gasteiger partial charge in [-0.25, -0.2) is 0 Å². The highest BCUT2D eigenvalue weighted by atomic mass is 79.9. The first-order valence-electron chi connectivity index (χ1n) is 3.86. The fraction of sp³-hybridized carbons (Fsp3) is 0.100. The number of rotatable bonds is 1. The van der Waals surface area contributed by atoms with Crippen LogP contribution >= 0.6 is 15.9 Å². The lowest BCUT2D eigenvalue weighted by atomic mass is 10.1. The van der Waals surface area contributed by atoms with Crippen LogP contribution in [0, 0.1) is 6.92 Å². The van der Waals surface area contributed by atoms with E-state index in [0.717, 1.165) is 10.9 Å². The van der Waals surface area contributed by atoms with E-state index in [0.29, 0.717) is 0 Å². The van der Waals surface area contributed by atoms with Crippen LogP contribution in [0.4, 0.5) is 0 Å². The van der Waals surface area contributed by atoms with Crippen LogP contribution in [0.25, 0.3) is 10.9 Å². The van der Waals surface area contributed by atoms with Gasteiger partial charge in [0.15, 0.2) is 0 Å². The lowest BCUT2D eigenvalue weighted by Crippen LogP contribution is -1.82. The van der Waals surface area contributed by atoms with Crippen molar-refractivity contribution in [2.24, 2.45) is 0 Å². The Kier molecular flexibility index (Phi) is 1.93. The maximum Gasteiger partial charge on any atom is 0.0487 e. The van der Waals surface area contributed by atoms with Crippen LogP contribution < -0.4 is 0 Å². The largest absolute Gasteiger partial charge is 0.361 e. The van der Waals surface area contributed by atoms with Gasteiger partial charge in [-0.15, -0.1) is 0 Å². The summed E-state index contributed by atoms with van der Waals surface area (Å²) in [5.41, 5.74) is 2.46. The molecule has 0 bridgehead atoms. The number of benzene rings is 1. The number of hydrogen-bond donors (Lipinski definition) is 1. The lowest BCUT2D eigenvalue weighted by molar-refractivity contribution is 1.27. The highest BCUT2D eigenvalue weighted by Crippen LogP contribution is 2.23. The molecule has 0 amide bonds. The Morgan fingerprint density at radius 3 is 3.00 bits per heavy atom. The van der Waals surface area contributed by atoms with Gasteiger partial charge >= 0.3 is 0 Å². The molecule has 1 nitrogen and oxygen atoms in total. The fourth-order valence-electron chi connectivity index (χ4n) is 1.41. The molecular formula is C10H9BrN. The minimum Gasteiger partial charge on any atom is -0.361 e. The second-order valence-corrected chi connectivity index (χ2v) is 3.67. The molecule has 1 heterocycles. The van der Waals surface area contributed by atoms with Crippen LogP contribution in [-0.2, 0) is 6.42 Å². The molecule has 1 aromatic carbocycles. The van der Waals surface area contributed by atoms with E-state index in [4.69, 9.17) is 0 Å². The topological polar surface area (TPSA) is 15.8 Å². The third kappa shape index (κ3) is 1.16. The van der Waals surface area contributed by atoms with Gasteiger partial charge in [-0.1, -0.05) is 15.9 Å². The highest BCUT2D eigenvalue weighted by Gasteiger charge is 2.01. The molecule has 0 unspecified atom stereocenters. The number of hydrogen-bond acceptors (Lipinski definition) is 0. The maximum atomic E-state index is 3.89. The molecule has 12 heavy (non-hydrogen) atoms. The van der Waals surface area contributed by atoms with Gasteiger partial charge in [0.05, 0.1) is 0 Å². The zero-order valence-electron chi connectivity index (χ0n) is 6.60. The van der Waals surface area contributed by atoms with Gasteiger partial charge in [0.25, 0.3) is 0 Å². The lowest BCUT2D eigenvalue weighted by Gasteiger charge is -2.00. The van der Waals surface area contributed by atoms with Crippen LogP contribution in [0.3, 0.4) is 0 Å². The number of fused-ring (bicyclic) bond motifs is 1. The summed E-state index contributed by atoms with van der Waals surface area (Å²) in [6, 6.07) is 6.27. The van der Waals surface area contributed by atoms with Crippen molar-refractivity contribution in [2.75, 3.05) is 0 Å². The smallest absolute Gasteiger partial charge is 0.0487 e. The molecule has 2 heteroatoms. The fourth-order valence-corrected chi connectivity index (χ4v) is 1.93. The number of nitrogens with one attached hydrogen (secondary N) is 1. The van der Waals surface area contributed by atoms with Gasteiger partial charge in [-0.05, 0) is 37.1 Å². The van der Waals surface area contributed by atoms with E-state index in [1.165, 1.54) is 16.5 Å². The average Bonchev–Trinajstić information content (AvgIpc) is 2.50. The van der Waals surface area contributed by atoms with Gasteiger partial charge in [0, 0.05) is 21.6 Å². The maximum absolute atomic E-state index is 3.89. The van der Waals surface area contributed by atoms with Crippen LogP contribution in [0.5, 0.6) is 0 Å². The number of aromatic nitrogens is 1. The molecule has 0 fully saturated rings. The quantitative estimate of drug-likeness (QED) is 0.763. The van der Waals surface area contributed by atoms with Crippen molar-refractivity contribution in [1.82, 2.24) is 4.98 Å². The Balaban J connectivity index is 2.80. The van der Waals surface area contributed by atoms with Crippen LogP contribution in [0.2, 0.25) is 0 Å². The number of aromatic amines is 1. The zero-order chi connectivity index (χ0) is 8.55. The number of halogens is 1. The van der Waals surface area contributed by atoms with E-state index < -0.39 is 0 Å².